The summed E-state index contributed by atoms with van der Waals surface area (Å²) in [6.45, 7) is 6.40. The molecule has 0 aromatic heterocycles. The maximum absolute atomic E-state index is 5.36. The first-order valence-corrected chi connectivity index (χ1v) is 5.66. The van der Waals surface area contributed by atoms with Gasteiger partial charge in [-0.1, -0.05) is 0 Å². The zero-order valence-corrected chi connectivity index (χ0v) is 9.75. The molecule has 0 aromatic carbocycles. The van der Waals surface area contributed by atoms with Crippen molar-refractivity contribution in [3.8, 4) is 0 Å². The van der Waals surface area contributed by atoms with Gasteiger partial charge in [0.25, 0.3) is 0 Å². The molecule has 84 valence electrons. The van der Waals surface area contributed by atoms with Crippen molar-refractivity contribution in [2.75, 3.05) is 40.4 Å². The van der Waals surface area contributed by atoms with E-state index in [1.54, 1.807) is 0 Å². The van der Waals surface area contributed by atoms with Gasteiger partial charge in [-0.05, 0) is 39.8 Å². The summed E-state index contributed by atoms with van der Waals surface area (Å²) in [5.74, 6) is 0.811. The van der Waals surface area contributed by atoms with Gasteiger partial charge < -0.3 is 15.0 Å². The summed E-state index contributed by atoms with van der Waals surface area (Å²) in [4.78, 5) is 2.21. The highest BCUT2D eigenvalue weighted by atomic mass is 16.5. The molecule has 0 aliphatic carbocycles. The SMILES string of the molecule is CC(NCCN(C)C)C1CCOCC1. The normalized spacial score (nSPS) is 21.4. The van der Waals surface area contributed by atoms with Gasteiger partial charge in [0.05, 0.1) is 0 Å². The summed E-state index contributed by atoms with van der Waals surface area (Å²) in [5, 5.41) is 3.59. The Hall–Kier alpha value is -0.120. The smallest absolute Gasteiger partial charge is 0.0469 e. The number of hydrogen-bond acceptors (Lipinski definition) is 3. The Morgan fingerprint density at radius 1 is 1.36 bits per heavy atom. The van der Waals surface area contributed by atoms with Gasteiger partial charge in [-0.15, -0.1) is 0 Å². The van der Waals surface area contributed by atoms with Crippen LogP contribution in [0.3, 0.4) is 0 Å². The number of ether oxygens (including phenoxy) is 1. The second-order valence-corrected chi connectivity index (χ2v) is 4.50. The van der Waals surface area contributed by atoms with Crippen LogP contribution < -0.4 is 5.32 Å². The first-order valence-electron chi connectivity index (χ1n) is 5.66. The summed E-state index contributed by atoms with van der Waals surface area (Å²) >= 11 is 0. The summed E-state index contributed by atoms with van der Waals surface area (Å²) in [6.07, 6.45) is 2.44. The first-order chi connectivity index (χ1) is 6.70. The van der Waals surface area contributed by atoms with E-state index in [4.69, 9.17) is 4.74 Å². The molecular formula is C11H24N2O. The maximum atomic E-state index is 5.36. The fourth-order valence-corrected chi connectivity index (χ4v) is 1.90. The lowest BCUT2D eigenvalue weighted by molar-refractivity contribution is 0.0558. The van der Waals surface area contributed by atoms with Crippen LogP contribution in [0.2, 0.25) is 0 Å². The van der Waals surface area contributed by atoms with Crippen molar-refractivity contribution in [1.82, 2.24) is 10.2 Å². The van der Waals surface area contributed by atoms with E-state index >= 15 is 0 Å². The fourth-order valence-electron chi connectivity index (χ4n) is 1.90. The molecule has 0 saturated carbocycles. The number of hydrogen-bond donors (Lipinski definition) is 1. The zero-order valence-electron chi connectivity index (χ0n) is 9.75. The van der Waals surface area contributed by atoms with Gasteiger partial charge >= 0.3 is 0 Å². The molecule has 3 nitrogen and oxygen atoms in total. The molecule has 1 fully saturated rings. The van der Waals surface area contributed by atoms with Crippen LogP contribution in [0, 0.1) is 5.92 Å². The summed E-state index contributed by atoms with van der Waals surface area (Å²) in [6, 6.07) is 0.638. The van der Waals surface area contributed by atoms with Crippen LogP contribution in [0.15, 0.2) is 0 Å². The van der Waals surface area contributed by atoms with Crippen molar-refractivity contribution >= 4 is 0 Å². The average molecular weight is 200 g/mol. The highest BCUT2D eigenvalue weighted by molar-refractivity contribution is 4.74. The van der Waals surface area contributed by atoms with Crippen molar-refractivity contribution in [3.63, 3.8) is 0 Å². The Morgan fingerprint density at radius 2 is 2.00 bits per heavy atom. The van der Waals surface area contributed by atoms with Crippen LogP contribution in [0.25, 0.3) is 0 Å². The largest absolute Gasteiger partial charge is 0.381 e. The lowest BCUT2D eigenvalue weighted by Crippen LogP contribution is -2.39. The predicted molar refractivity (Wildman–Crippen MR) is 59.6 cm³/mol. The van der Waals surface area contributed by atoms with E-state index in [2.05, 4.69) is 31.2 Å². The van der Waals surface area contributed by atoms with Crippen molar-refractivity contribution in [1.29, 1.82) is 0 Å². The van der Waals surface area contributed by atoms with Gasteiger partial charge in [-0.3, -0.25) is 0 Å². The third-order valence-electron chi connectivity index (χ3n) is 3.00. The molecule has 1 rings (SSSR count). The molecule has 1 unspecified atom stereocenters. The van der Waals surface area contributed by atoms with E-state index in [9.17, 15) is 0 Å². The van der Waals surface area contributed by atoms with Crippen molar-refractivity contribution in [3.05, 3.63) is 0 Å². The van der Waals surface area contributed by atoms with Gasteiger partial charge in [0.15, 0.2) is 0 Å². The molecule has 0 amide bonds. The summed E-state index contributed by atoms with van der Waals surface area (Å²) in [7, 11) is 4.22. The number of nitrogens with zero attached hydrogens (tertiary/aromatic N) is 1. The van der Waals surface area contributed by atoms with Gasteiger partial charge in [0.1, 0.15) is 0 Å². The molecule has 1 heterocycles. The quantitative estimate of drug-likeness (QED) is 0.715. The highest BCUT2D eigenvalue weighted by Crippen LogP contribution is 2.18. The van der Waals surface area contributed by atoms with Crippen LogP contribution in [0.1, 0.15) is 19.8 Å². The minimum absolute atomic E-state index is 0.638. The van der Waals surface area contributed by atoms with E-state index < -0.39 is 0 Å². The fraction of sp³-hybridized carbons (Fsp3) is 1.00. The van der Waals surface area contributed by atoms with Crippen LogP contribution >= 0.6 is 0 Å². The van der Waals surface area contributed by atoms with Crippen LogP contribution in [-0.2, 0) is 4.74 Å². The van der Waals surface area contributed by atoms with Gasteiger partial charge in [-0.25, -0.2) is 0 Å². The monoisotopic (exact) mass is 200 g/mol. The first kappa shape index (κ1) is 12.0. The maximum Gasteiger partial charge on any atom is 0.0469 e. The Morgan fingerprint density at radius 3 is 2.57 bits per heavy atom. The minimum Gasteiger partial charge on any atom is -0.381 e. The van der Waals surface area contributed by atoms with E-state index in [-0.39, 0.29) is 0 Å². The van der Waals surface area contributed by atoms with Crippen LogP contribution in [-0.4, -0.2) is 51.3 Å². The van der Waals surface area contributed by atoms with E-state index in [0.29, 0.717) is 6.04 Å². The molecule has 0 spiro atoms. The molecule has 1 saturated heterocycles. The van der Waals surface area contributed by atoms with Gasteiger partial charge in [-0.2, -0.15) is 0 Å². The Balaban J connectivity index is 2.10. The molecule has 0 bridgehead atoms. The Kier molecular flexibility index (Phi) is 5.45. The molecular weight excluding hydrogens is 176 g/mol. The Bertz CT molecular complexity index is 144. The standard InChI is InChI=1S/C11H24N2O/c1-10(12-6-7-13(2)3)11-4-8-14-9-5-11/h10-12H,4-9H2,1-3H3. The minimum atomic E-state index is 0.638. The summed E-state index contributed by atoms with van der Waals surface area (Å²) in [5.41, 5.74) is 0. The number of rotatable bonds is 5. The number of likely N-dealkylation sites (N-methyl/N-ethyl adjacent to an activating group) is 1. The topological polar surface area (TPSA) is 24.5 Å². The van der Waals surface area contributed by atoms with E-state index in [0.717, 1.165) is 32.2 Å². The molecule has 14 heavy (non-hydrogen) atoms. The highest BCUT2D eigenvalue weighted by Gasteiger charge is 2.19. The Labute approximate surface area is 87.8 Å². The number of nitrogens with one attached hydrogen (secondary N) is 1. The van der Waals surface area contributed by atoms with Crippen LogP contribution in [0.5, 0.6) is 0 Å². The lowest BCUT2D eigenvalue weighted by Gasteiger charge is -2.28. The third-order valence-corrected chi connectivity index (χ3v) is 3.00. The average Bonchev–Trinajstić information content (AvgIpc) is 2.18. The van der Waals surface area contributed by atoms with Crippen LogP contribution in [0.4, 0.5) is 0 Å². The van der Waals surface area contributed by atoms with Gasteiger partial charge in [0.2, 0.25) is 0 Å². The predicted octanol–water partition coefficient (Wildman–Crippen LogP) is 0.953. The van der Waals surface area contributed by atoms with Crippen molar-refractivity contribution in [2.45, 2.75) is 25.8 Å². The molecule has 1 aliphatic rings. The molecule has 0 radical (unpaired) electrons. The van der Waals surface area contributed by atoms with Crippen molar-refractivity contribution in [2.24, 2.45) is 5.92 Å². The van der Waals surface area contributed by atoms with E-state index in [1.165, 1.54) is 12.8 Å². The summed E-state index contributed by atoms with van der Waals surface area (Å²) < 4.78 is 5.36. The van der Waals surface area contributed by atoms with Crippen molar-refractivity contribution < 1.29 is 4.74 Å². The van der Waals surface area contributed by atoms with E-state index in [1.807, 2.05) is 0 Å². The second kappa shape index (κ2) is 6.38. The molecule has 3 heteroatoms. The zero-order chi connectivity index (χ0) is 10.4. The lowest BCUT2D eigenvalue weighted by atomic mass is 9.93. The second-order valence-electron chi connectivity index (χ2n) is 4.50. The molecule has 1 aliphatic heterocycles. The molecule has 1 atom stereocenters. The third kappa shape index (κ3) is 4.40. The molecule has 0 aromatic rings. The van der Waals surface area contributed by atoms with Gasteiger partial charge in [0, 0.05) is 32.3 Å². The molecule has 1 N–H and O–H groups in total.